The number of nitrogens with one attached hydrogen (secondary N) is 1. The third kappa shape index (κ3) is 5.15. The van der Waals surface area contributed by atoms with Crippen molar-refractivity contribution in [2.24, 2.45) is 0 Å². The van der Waals surface area contributed by atoms with Gasteiger partial charge in [0, 0.05) is 24.3 Å². The van der Waals surface area contributed by atoms with Gasteiger partial charge in [-0.15, -0.1) is 0 Å². The highest BCUT2D eigenvalue weighted by Crippen LogP contribution is 2.18. The van der Waals surface area contributed by atoms with Gasteiger partial charge in [0.05, 0.1) is 11.3 Å². The molecular weight excluding hydrogens is 368 g/mol. The van der Waals surface area contributed by atoms with E-state index in [1.165, 1.54) is 35.6 Å². The van der Waals surface area contributed by atoms with E-state index in [9.17, 15) is 18.0 Å². The van der Waals surface area contributed by atoms with Crippen molar-refractivity contribution in [2.45, 2.75) is 31.2 Å². The van der Waals surface area contributed by atoms with Crippen LogP contribution in [0.4, 0.5) is 5.69 Å². The van der Waals surface area contributed by atoms with Gasteiger partial charge in [0.25, 0.3) is 5.91 Å². The molecule has 0 unspecified atom stereocenters. The van der Waals surface area contributed by atoms with E-state index >= 15 is 0 Å². The molecule has 27 heavy (non-hydrogen) atoms. The molecule has 0 atom stereocenters. The Kier molecular flexibility index (Phi) is 6.35. The first-order chi connectivity index (χ1) is 12.6. The van der Waals surface area contributed by atoms with Crippen LogP contribution in [0.3, 0.4) is 0 Å². The van der Waals surface area contributed by atoms with Gasteiger partial charge in [-0.3, -0.25) is 9.59 Å². The third-order valence-electron chi connectivity index (χ3n) is 4.09. The number of amides is 1. The molecule has 2 aromatic rings. The number of hydrogen-bond acceptors (Lipinski definition) is 4. The largest absolute Gasteiger partial charge is 0.481 e. The molecule has 1 amide bonds. The molecule has 0 spiro atoms. The van der Waals surface area contributed by atoms with Crippen LogP contribution in [0.5, 0.6) is 0 Å². The number of sulfonamides is 1. The number of carboxylic acid groups (broad SMARTS) is 1. The van der Waals surface area contributed by atoms with Crippen molar-refractivity contribution in [3.8, 4) is 0 Å². The maximum atomic E-state index is 12.4. The summed E-state index contributed by atoms with van der Waals surface area (Å²) in [5.41, 5.74) is 1.46. The van der Waals surface area contributed by atoms with E-state index in [1.807, 2.05) is 0 Å². The zero-order chi connectivity index (χ0) is 20.2. The van der Waals surface area contributed by atoms with Crippen LogP contribution in [0.25, 0.3) is 0 Å². The van der Waals surface area contributed by atoms with Crippen LogP contribution in [0.15, 0.2) is 53.4 Å². The number of carbonyl (C=O) groups is 2. The van der Waals surface area contributed by atoms with Crippen LogP contribution in [0.1, 0.15) is 29.8 Å². The summed E-state index contributed by atoms with van der Waals surface area (Å²) < 4.78 is 26.1. The van der Waals surface area contributed by atoms with Crippen LogP contribution in [-0.4, -0.2) is 42.8 Å². The minimum absolute atomic E-state index is 0.0883. The van der Waals surface area contributed by atoms with E-state index in [0.717, 1.165) is 0 Å². The highest BCUT2D eigenvalue weighted by Gasteiger charge is 2.23. The maximum Gasteiger partial charge on any atom is 0.307 e. The lowest BCUT2D eigenvalue weighted by molar-refractivity contribution is -0.136. The summed E-state index contributed by atoms with van der Waals surface area (Å²) >= 11 is 0. The Labute approximate surface area is 158 Å². The van der Waals surface area contributed by atoms with Gasteiger partial charge in [-0.05, 0) is 55.8 Å². The average Bonchev–Trinajstić information content (AvgIpc) is 2.62. The zero-order valence-corrected chi connectivity index (χ0v) is 16.2. The molecule has 0 saturated heterocycles. The van der Waals surface area contributed by atoms with Crippen molar-refractivity contribution < 1.29 is 23.1 Å². The van der Waals surface area contributed by atoms with Crippen molar-refractivity contribution in [2.75, 3.05) is 12.4 Å². The molecule has 2 aromatic carbocycles. The van der Waals surface area contributed by atoms with Crippen molar-refractivity contribution in [3.63, 3.8) is 0 Å². The lowest BCUT2D eigenvalue weighted by Gasteiger charge is -2.21. The van der Waals surface area contributed by atoms with Gasteiger partial charge >= 0.3 is 5.97 Å². The van der Waals surface area contributed by atoms with E-state index in [4.69, 9.17) is 5.11 Å². The topological polar surface area (TPSA) is 104 Å². The number of benzene rings is 2. The summed E-state index contributed by atoms with van der Waals surface area (Å²) in [6.45, 7) is 3.56. The zero-order valence-electron chi connectivity index (χ0n) is 15.3. The minimum Gasteiger partial charge on any atom is -0.481 e. The molecule has 144 valence electrons. The standard InChI is InChI=1S/C19H22N2O5S/c1-13(2)21(3)27(25,26)17-10-6-15(7-11-17)19(24)20-16-8-4-14(5-9-16)12-18(22)23/h4-11,13H,12H2,1-3H3,(H,20,24)(H,22,23). The van der Waals surface area contributed by atoms with Crippen molar-refractivity contribution in [1.82, 2.24) is 4.31 Å². The summed E-state index contributed by atoms with van der Waals surface area (Å²) in [6, 6.07) is 12.0. The van der Waals surface area contributed by atoms with Gasteiger partial charge in [0.1, 0.15) is 0 Å². The second-order valence-electron chi connectivity index (χ2n) is 6.36. The molecule has 8 heteroatoms. The molecule has 0 bridgehead atoms. The smallest absolute Gasteiger partial charge is 0.307 e. The van der Waals surface area contributed by atoms with Gasteiger partial charge in [-0.2, -0.15) is 4.31 Å². The Morgan fingerprint density at radius 2 is 1.59 bits per heavy atom. The first kappa shape index (κ1) is 20.6. The molecule has 0 heterocycles. The number of rotatable bonds is 7. The number of hydrogen-bond donors (Lipinski definition) is 2. The summed E-state index contributed by atoms with van der Waals surface area (Å²) in [7, 11) is -2.09. The number of nitrogens with zero attached hydrogens (tertiary/aromatic N) is 1. The molecular formula is C19H22N2O5S. The van der Waals surface area contributed by atoms with Crippen LogP contribution < -0.4 is 5.32 Å². The van der Waals surface area contributed by atoms with E-state index in [-0.39, 0.29) is 23.3 Å². The molecule has 2 rings (SSSR count). The Hall–Kier alpha value is -2.71. The molecule has 0 saturated carbocycles. The number of aliphatic carboxylic acids is 1. The van der Waals surface area contributed by atoms with Crippen LogP contribution >= 0.6 is 0 Å². The first-order valence-corrected chi connectivity index (χ1v) is 9.75. The van der Waals surface area contributed by atoms with E-state index in [1.54, 1.807) is 38.1 Å². The highest BCUT2D eigenvalue weighted by atomic mass is 32.2. The Morgan fingerprint density at radius 3 is 2.07 bits per heavy atom. The average molecular weight is 390 g/mol. The molecule has 0 radical (unpaired) electrons. The number of anilines is 1. The Morgan fingerprint density at radius 1 is 1.04 bits per heavy atom. The predicted molar refractivity (Wildman–Crippen MR) is 102 cm³/mol. The van der Waals surface area contributed by atoms with Crippen molar-refractivity contribution in [1.29, 1.82) is 0 Å². The predicted octanol–water partition coefficient (Wildman–Crippen LogP) is 2.59. The Balaban J connectivity index is 2.10. The van der Waals surface area contributed by atoms with Crippen molar-refractivity contribution in [3.05, 3.63) is 59.7 Å². The van der Waals surface area contributed by atoms with E-state index in [0.29, 0.717) is 16.8 Å². The Bertz CT molecular complexity index is 920. The molecule has 0 fully saturated rings. The fourth-order valence-corrected chi connectivity index (χ4v) is 3.67. The third-order valence-corrected chi connectivity index (χ3v) is 6.14. The quantitative estimate of drug-likeness (QED) is 0.756. The molecule has 7 nitrogen and oxygen atoms in total. The monoisotopic (exact) mass is 390 g/mol. The van der Waals surface area contributed by atoms with Crippen LogP contribution in [0.2, 0.25) is 0 Å². The molecule has 0 aliphatic heterocycles. The minimum atomic E-state index is -3.60. The van der Waals surface area contributed by atoms with Crippen LogP contribution in [-0.2, 0) is 21.2 Å². The normalized spacial score (nSPS) is 11.6. The van der Waals surface area contributed by atoms with Gasteiger partial charge in [-0.25, -0.2) is 8.42 Å². The van der Waals surface area contributed by atoms with Crippen molar-refractivity contribution >= 4 is 27.6 Å². The molecule has 0 aromatic heterocycles. The highest BCUT2D eigenvalue weighted by molar-refractivity contribution is 7.89. The fraction of sp³-hybridized carbons (Fsp3) is 0.263. The second-order valence-corrected chi connectivity index (χ2v) is 8.36. The molecule has 0 aliphatic carbocycles. The summed E-state index contributed by atoms with van der Waals surface area (Å²) in [5, 5.41) is 11.5. The van der Waals surface area contributed by atoms with Crippen LogP contribution in [0, 0.1) is 0 Å². The maximum absolute atomic E-state index is 12.4. The van der Waals surface area contributed by atoms with Gasteiger partial charge in [0.15, 0.2) is 0 Å². The number of carbonyl (C=O) groups excluding carboxylic acids is 1. The number of carboxylic acids is 1. The fourth-order valence-electron chi connectivity index (χ4n) is 2.31. The SMILES string of the molecule is CC(C)N(C)S(=O)(=O)c1ccc(C(=O)Nc2ccc(CC(=O)O)cc2)cc1. The summed E-state index contributed by atoms with van der Waals surface area (Å²) in [6.07, 6.45) is -0.0883. The lowest BCUT2D eigenvalue weighted by Crippen LogP contribution is -2.33. The second kappa shape index (κ2) is 8.32. The summed E-state index contributed by atoms with van der Waals surface area (Å²) in [4.78, 5) is 23.1. The van der Waals surface area contributed by atoms with Gasteiger partial charge < -0.3 is 10.4 Å². The van der Waals surface area contributed by atoms with E-state index in [2.05, 4.69) is 5.32 Å². The lowest BCUT2D eigenvalue weighted by atomic mass is 10.1. The van der Waals surface area contributed by atoms with E-state index < -0.39 is 16.0 Å². The van der Waals surface area contributed by atoms with Gasteiger partial charge in [-0.1, -0.05) is 12.1 Å². The summed E-state index contributed by atoms with van der Waals surface area (Å²) in [5.74, 6) is -1.31. The molecule has 0 aliphatic rings. The molecule has 2 N–H and O–H groups in total. The first-order valence-electron chi connectivity index (χ1n) is 8.31. The van der Waals surface area contributed by atoms with Gasteiger partial charge in [0.2, 0.25) is 10.0 Å².